The Morgan fingerprint density at radius 3 is 2.68 bits per heavy atom. The second-order valence-electron chi connectivity index (χ2n) is 5.37. The van der Waals surface area contributed by atoms with Crippen LogP contribution in [0, 0.1) is 6.92 Å². The lowest BCUT2D eigenvalue weighted by Crippen LogP contribution is -2.27. The minimum atomic E-state index is -0.168. The number of hydrogen-bond donors (Lipinski definition) is 2. The number of aryl methyl sites for hydroxylation is 1. The first kappa shape index (κ1) is 17.3. The molecule has 0 aliphatic rings. The molecule has 128 valence electrons. The summed E-state index contributed by atoms with van der Waals surface area (Å²) in [5, 5.41) is 9.73. The van der Waals surface area contributed by atoms with E-state index in [1.807, 2.05) is 42.6 Å². The molecule has 0 aliphatic heterocycles. The summed E-state index contributed by atoms with van der Waals surface area (Å²) < 4.78 is 0. The summed E-state index contributed by atoms with van der Waals surface area (Å²) in [5.41, 5.74) is 2.59. The molecular formula is C18H17N3O2S2. The fourth-order valence-corrected chi connectivity index (χ4v) is 3.90. The third-order valence-electron chi connectivity index (χ3n) is 3.50. The van der Waals surface area contributed by atoms with Crippen LogP contribution in [0.25, 0.3) is 10.4 Å². The number of carbonyl (C=O) groups excluding carboxylic acids is 2. The number of anilines is 1. The van der Waals surface area contributed by atoms with E-state index in [-0.39, 0.29) is 24.8 Å². The number of aromatic nitrogens is 1. The summed E-state index contributed by atoms with van der Waals surface area (Å²) in [4.78, 5) is 29.3. The zero-order valence-corrected chi connectivity index (χ0v) is 15.2. The lowest BCUT2D eigenvalue weighted by molar-refractivity contribution is -0.116. The summed E-state index contributed by atoms with van der Waals surface area (Å²) in [6, 6.07) is 11.7. The highest BCUT2D eigenvalue weighted by Gasteiger charge is 2.12. The Bertz CT molecular complexity index is 858. The lowest BCUT2D eigenvalue weighted by atomic mass is 10.2. The van der Waals surface area contributed by atoms with Crippen LogP contribution in [0.1, 0.15) is 22.5 Å². The van der Waals surface area contributed by atoms with E-state index in [1.54, 1.807) is 11.4 Å². The van der Waals surface area contributed by atoms with Crippen molar-refractivity contribution in [2.45, 2.75) is 13.3 Å². The van der Waals surface area contributed by atoms with Gasteiger partial charge in [-0.15, -0.1) is 0 Å². The standard InChI is InChI=1S/C18H17N3O2S2/c1-12-16(13-5-3-2-4-6-13)25-18(20-12)21-15(22)7-9-19-17(23)14-8-10-24-11-14/h2-6,8,10-11H,7,9H2,1H3,(H,19,23)(H,20,21,22). The number of carbonyl (C=O) groups is 2. The smallest absolute Gasteiger partial charge is 0.252 e. The van der Waals surface area contributed by atoms with Crippen molar-refractivity contribution in [2.24, 2.45) is 0 Å². The van der Waals surface area contributed by atoms with Gasteiger partial charge in [-0.1, -0.05) is 41.7 Å². The maximum atomic E-state index is 12.0. The molecular weight excluding hydrogens is 354 g/mol. The van der Waals surface area contributed by atoms with E-state index >= 15 is 0 Å². The number of amides is 2. The molecule has 0 unspecified atom stereocenters. The van der Waals surface area contributed by atoms with Crippen LogP contribution in [0.15, 0.2) is 47.2 Å². The van der Waals surface area contributed by atoms with Gasteiger partial charge in [0.1, 0.15) is 0 Å². The molecule has 2 amide bonds. The Kier molecular flexibility index (Phi) is 5.57. The molecule has 1 aromatic carbocycles. The van der Waals surface area contributed by atoms with E-state index in [0.29, 0.717) is 10.7 Å². The molecule has 25 heavy (non-hydrogen) atoms. The van der Waals surface area contributed by atoms with Gasteiger partial charge in [-0.2, -0.15) is 11.3 Å². The van der Waals surface area contributed by atoms with Gasteiger partial charge in [0.25, 0.3) is 5.91 Å². The highest BCUT2D eigenvalue weighted by atomic mass is 32.1. The largest absolute Gasteiger partial charge is 0.351 e. The first-order chi connectivity index (χ1) is 12.1. The van der Waals surface area contributed by atoms with Crippen LogP contribution >= 0.6 is 22.7 Å². The third kappa shape index (κ3) is 4.52. The van der Waals surface area contributed by atoms with E-state index < -0.39 is 0 Å². The summed E-state index contributed by atoms with van der Waals surface area (Å²) in [6.07, 6.45) is 0.204. The van der Waals surface area contributed by atoms with Gasteiger partial charge in [0, 0.05) is 23.9 Å². The first-order valence-corrected chi connectivity index (χ1v) is 9.52. The molecule has 0 spiro atoms. The van der Waals surface area contributed by atoms with Crippen LogP contribution in [0.2, 0.25) is 0 Å². The lowest BCUT2D eigenvalue weighted by Gasteiger charge is -2.04. The Hall–Kier alpha value is -2.51. The second kappa shape index (κ2) is 8.04. The molecule has 2 aromatic heterocycles. The van der Waals surface area contributed by atoms with Crippen molar-refractivity contribution in [1.29, 1.82) is 0 Å². The highest BCUT2D eigenvalue weighted by molar-refractivity contribution is 7.19. The number of thiazole rings is 1. The van der Waals surface area contributed by atoms with Gasteiger partial charge in [-0.3, -0.25) is 9.59 Å². The van der Waals surface area contributed by atoms with E-state index in [2.05, 4.69) is 15.6 Å². The summed E-state index contributed by atoms with van der Waals surface area (Å²) in [7, 11) is 0. The van der Waals surface area contributed by atoms with Crippen LogP contribution in [0.5, 0.6) is 0 Å². The van der Waals surface area contributed by atoms with Crippen LogP contribution in [0.3, 0.4) is 0 Å². The molecule has 0 radical (unpaired) electrons. The number of benzene rings is 1. The van der Waals surface area contributed by atoms with E-state index in [1.165, 1.54) is 22.7 Å². The minimum Gasteiger partial charge on any atom is -0.351 e. The number of thiophene rings is 1. The quantitative estimate of drug-likeness (QED) is 0.689. The fraction of sp³-hybridized carbons (Fsp3) is 0.167. The number of rotatable bonds is 6. The predicted molar refractivity (Wildman–Crippen MR) is 102 cm³/mol. The maximum absolute atomic E-state index is 12.0. The molecule has 0 bridgehead atoms. The molecule has 3 rings (SSSR count). The monoisotopic (exact) mass is 371 g/mol. The van der Waals surface area contributed by atoms with Crippen molar-refractivity contribution < 1.29 is 9.59 Å². The Morgan fingerprint density at radius 2 is 1.96 bits per heavy atom. The van der Waals surface area contributed by atoms with Crippen LogP contribution in [0.4, 0.5) is 5.13 Å². The zero-order valence-electron chi connectivity index (χ0n) is 13.6. The van der Waals surface area contributed by atoms with Crippen LogP contribution < -0.4 is 10.6 Å². The van der Waals surface area contributed by atoms with Crippen molar-refractivity contribution in [1.82, 2.24) is 10.3 Å². The van der Waals surface area contributed by atoms with Crippen molar-refractivity contribution in [2.75, 3.05) is 11.9 Å². The number of hydrogen-bond acceptors (Lipinski definition) is 5. The van der Waals surface area contributed by atoms with Gasteiger partial charge in [-0.05, 0) is 23.9 Å². The summed E-state index contributed by atoms with van der Waals surface area (Å²) in [5.74, 6) is -0.329. The van der Waals surface area contributed by atoms with Crippen molar-refractivity contribution in [3.8, 4) is 10.4 Å². The van der Waals surface area contributed by atoms with Crippen molar-refractivity contribution in [3.05, 3.63) is 58.4 Å². The fourth-order valence-electron chi connectivity index (χ4n) is 2.27. The molecule has 0 fully saturated rings. The number of nitrogens with zero attached hydrogens (tertiary/aromatic N) is 1. The Labute approximate surface area is 153 Å². The third-order valence-corrected chi connectivity index (χ3v) is 5.31. The number of nitrogens with one attached hydrogen (secondary N) is 2. The molecule has 0 saturated heterocycles. The second-order valence-corrected chi connectivity index (χ2v) is 7.14. The van der Waals surface area contributed by atoms with Gasteiger partial charge in [0.15, 0.2) is 5.13 Å². The summed E-state index contributed by atoms with van der Waals surface area (Å²) in [6.45, 7) is 2.21. The molecule has 7 heteroatoms. The Morgan fingerprint density at radius 1 is 1.16 bits per heavy atom. The molecule has 0 aliphatic carbocycles. The average Bonchev–Trinajstić information content (AvgIpc) is 3.25. The van der Waals surface area contributed by atoms with Gasteiger partial charge in [0.05, 0.1) is 10.6 Å². The van der Waals surface area contributed by atoms with Gasteiger partial charge in [-0.25, -0.2) is 4.98 Å². The molecule has 2 N–H and O–H groups in total. The topological polar surface area (TPSA) is 71.1 Å². The molecule has 2 heterocycles. The zero-order chi connectivity index (χ0) is 17.6. The van der Waals surface area contributed by atoms with Gasteiger partial charge < -0.3 is 10.6 Å². The van der Waals surface area contributed by atoms with Crippen molar-refractivity contribution in [3.63, 3.8) is 0 Å². The molecule has 0 saturated carbocycles. The van der Waals surface area contributed by atoms with Gasteiger partial charge >= 0.3 is 0 Å². The highest BCUT2D eigenvalue weighted by Crippen LogP contribution is 2.32. The molecule has 5 nitrogen and oxygen atoms in total. The van der Waals surface area contributed by atoms with E-state index in [4.69, 9.17) is 0 Å². The van der Waals surface area contributed by atoms with Crippen LogP contribution in [-0.2, 0) is 4.79 Å². The summed E-state index contributed by atoms with van der Waals surface area (Å²) >= 11 is 2.91. The van der Waals surface area contributed by atoms with Crippen LogP contribution in [-0.4, -0.2) is 23.3 Å². The SMILES string of the molecule is Cc1nc(NC(=O)CCNC(=O)c2ccsc2)sc1-c1ccccc1. The molecule has 0 atom stereocenters. The van der Waals surface area contributed by atoms with Crippen molar-refractivity contribution >= 4 is 39.6 Å². The Balaban J connectivity index is 1.52. The maximum Gasteiger partial charge on any atom is 0.252 e. The average molecular weight is 371 g/mol. The van der Waals surface area contributed by atoms with E-state index in [9.17, 15) is 9.59 Å². The minimum absolute atomic E-state index is 0.162. The molecule has 3 aromatic rings. The van der Waals surface area contributed by atoms with E-state index in [0.717, 1.165) is 16.1 Å². The predicted octanol–water partition coefficient (Wildman–Crippen LogP) is 3.94. The normalized spacial score (nSPS) is 10.4. The first-order valence-electron chi connectivity index (χ1n) is 7.76. The van der Waals surface area contributed by atoms with Gasteiger partial charge in [0.2, 0.25) is 5.91 Å².